The minimum absolute atomic E-state index is 0.0106. The fourth-order valence-corrected chi connectivity index (χ4v) is 11.2. The van der Waals surface area contributed by atoms with Gasteiger partial charge in [0.1, 0.15) is 12.3 Å². The molecule has 6 heterocycles. The Morgan fingerprint density at radius 3 is 2.52 bits per heavy atom. The highest BCUT2D eigenvalue weighted by molar-refractivity contribution is 7.90. The predicted octanol–water partition coefficient (Wildman–Crippen LogP) is 6.57. The summed E-state index contributed by atoms with van der Waals surface area (Å²) in [6.45, 7) is 12.2. The average molecular weight is 980 g/mol. The largest absolute Gasteiger partial charge is 0.489 e. The predicted molar refractivity (Wildman–Crippen MR) is 265 cm³/mol. The Labute approximate surface area is 404 Å². The number of ether oxygens (including phenoxy) is 2. The molecule has 4 aliphatic rings. The maximum Gasteiger partial charge on any atom is 0.297 e. The number of halogens is 1. The van der Waals surface area contributed by atoms with Crippen molar-refractivity contribution in [2.24, 2.45) is 12.5 Å². The molecule has 3 N–H and O–H groups in total. The van der Waals surface area contributed by atoms with Gasteiger partial charge in [0.25, 0.3) is 27.2 Å². The van der Waals surface area contributed by atoms with Gasteiger partial charge in [-0.2, -0.15) is 0 Å². The van der Waals surface area contributed by atoms with Gasteiger partial charge in [0.15, 0.2) is 17.0 Å². The lowest BCUT2D eigenvalue weighted by molar-refractivity contribution is -0.384. The van der Waals surface area contributed by atoms with Crippen LogP contribution in [0.15, 0.2) is 88.2 Å². The first-order valence-corrected chi connectivity index (χ1v) is 25.2. The summed E-state index contributed by atoms with van der Waals surface area (Å²) in [5.74, 6) is -1.02. The molecular formula is C49H55ClN10O8S. The summed E-state index contributed by atoms with van der Waals surface area (Å²) in [6.07, 6.45) is 5.48. The van der Waals surface area contributed by atoms with Crippen molar-refractivity contribution < 1.29 is 27.6 Å². The maximum atomic E-state index is 14.5. The number of rotatable bonds is 12. The lowest BCUT2D eigenvalue weighted by atomic mass is 9.72. The minimum Gasteiger partial charge on any atom is -0.489 e. The summed E-state index contributed by atoms with van der Waals surface area (Å²) < 4.78 is 44.8. The third-order valence-corrected chi connectivity index (χ3v) is 15.6. The van der Waals surface area contributed by atoms with Gasteiger partial charge < -0.3 is 24.7 Å². The van der Waals surface area contributed by atoms with Crippen LogP contribution >= 0.6 is 11.6 Å². The Balaban J connectivity index is 0.935. The van der Waals surface area contributed by atoms with Gasteiger partial charge in [-0.25, -0.2) is 27.5 Å². The van der Waals surface area contributed by atoms with Crippen molar-refractivity contribution in [1.82, 2.24) is 33.9 Å². The van der Waals surface area contributed by atoms with Crippen LogP contribution < -0.4 is 25.2 Å². The second-order valence-electron chi connectivity index (χ2n) is 19.2. The summed E-state index contributed by atoms with van der Waals surface area (Å²) in [4.78, 5) is 54.2. The van der Waals surface area contributed by atoms with Gasteiger partial charge in [-0.15, -0.1) is 0 Å². The van der Waals surface area contributed by atoms with Crippen molar-refractivity contribution >= 4 is 72.2 Å². The number of hydrogen-bond donors (Lipinski definition) is 3. The number of nitrogens with one attached hydrogen (secondary N) is 3. The fraction of sp³-hybridized carbons (Fsp3) is 0.408. The Morgan fingerprint density at radius 2 is 1.77 bits per heavy atom. The van der Waals surface area contributed by atoms with E-state index in [9.17, 15) is 28.1 Å². The van der Waals surface area contributed by atoms with E-state index in [0.717, 1.165) is 75.7 Å². The molecular weight excluding hydrogens is 924 g/mol. The SMILES string of the molecule is Cn1c(=O)c2nc3[nH]ccc3cc2n1-c1cc(N2CCN(CC3=C(c4ccc(Cl)cc4)CC(C)(C)CC3)CC2)ccc1C(=O)NS(=O)(=O)c1cc2c(c([N+](=O)[O-])c1)N[C@H](CCN1CCOCC1)CO2. The highest BCUT2D eigenvalue weighted by Crippen LogP contribution is 2.44. The third kappa shape index (κ3) is 9.45. The van der Waals surface area contributed by atoms with Gasteiger partial charge in [-0.1, -0.05) is 43.2 Å². The van der Waals surface area contributed by atoms with Crippen molar-refractivity contribution in [3.63, 3.8) is 0 Å². The number of anilines is 2. The summed E-state index contributed by atoms with van der Waals surface area (Å²) in [5, 5.41) is 17.1. The summed E-state index contributed by atoms with van der Waals surface area (Å²) in [6, 6.07) is 18.7. The third-order valence-electron chi connectivity index (χ3n) is 14.0. The second-order valence-corrected chi connectivity index (χ2v) is 21.3. The topological polar surface area (TPSA) is 202 Å². The van der Waals surface area contributed by atoms with Crippen molar-refractivity contribution in [3.8, 4) is 11.4 Å². The molecule has 0 saturated carbocycles. The van der Waals surface area contributed by atoms with E-state index in [0.29, 0.717) is 48.9 Å². The van der Waals surface area contributed by atoms with E-state index < -0.39 is 37.0 Å². The number of aromatic amines is 1. The number of benzene rings is 3. The van der Waals surface area contributed by atoms with Gasteiger partial charge in [0.2, 0.25) is 0 Å². The first-order chi connectivity index (χ1) is 33.1. The van der Waals surface area contributed by atoms with E-state index in [1.165, 1.54) is 27.5 Å². The number of nitro benzene ring substituents is 1. The van der Waals surface area contributed by atoms with Crippen LogP contribution in [0.5, 0.6) is 5.75 Å². The average Bonchev–Trinajstić information content (AvgIpc) is 3.90. The summed E-state index contributed by atoms with van der Waals surface area (Å²) in [5.41, 5.74) is 5.43. The summed E-state index contributed by atoms with van der Waals surface area (Å²) >= 11 is 6.27. The molecule has 0 radical (unpaired) electrons. The number of allylic oxidation sites excluding steroid dienone is 1. The number of morpholine rings is 1. The quantitative estimate of drug-likeness (QED) is 0.0880. The number of aromatic nitrogens is 4. The van der Waals surface area contributed by atoms with Crippen LogP contribution in [-0.2, 0) is 21.8 Å². The number of fused-ring (bicyclic) bond motifs is 3. The second kappa shape index (κ2) is 18.6. The van der Waals surface area contributed by atoms with Crippen LogP contribution in [0.3, 0.4) is 0 Å². The number of H-pyrrole nitrogens is 1. The molecule has 69 heavy (non-hydrogen) atoms. The van der Waals surface area contributed by atoms with E-state index in [-0.39, 0.29) is 46.3 Å². The molecule has 6 aromatic rings. The number of nitrogens with zero attached hydrogens (tertiary/aromatic N) is 7. The van der Waals surface area contributed by atoms with Crippen LogP contribution in [0, 0.1) is 15.5 Å². The lowest BCUT2D eigenvalue weighted by Crippen LogP contribution is -2.47. The Kier molecular flexibility index (Phi) is 12.5. The number of hydrogen-bond acceptors (Lipinski definition) is 13. The standard InChI is InChI=1S/C49H55ClN10O8S/c1-49(2)13-10-33(39(28-49)31-4-6-34(50)7-5-31)29-57-16-18-58(19-17-57)36-8-9-38(40(25-36)59-41-24-32-11-14-51-46(32)53-45(41)48(62)55(59)3)47(61)54-69(65,66)37-26-42(60(63)64)44-43(27-37)68-30-35(52-44)12-15-56-20-22-67-23-21-56/h4-9,11,14,24-27,35,52H,10,12-13,15-23,28-30H2,1-3H3,(H,51,53)(H,54,61)/t35-/m1/s1. The zero-order valence-electron chi connectivity index (χ0n) is 38.8. The molecule has 3 aliphatic heterocycles. The molecule has 10 rings (SSSR count). The van der Waals surface area contributed by atoms with Crippen LogP contribution in [0.25, 0.3) is 33.3 Å². The number of nitro groups is 1. The summed E-state index contributed by atoms with van der Waals surface area (Å²) in [7, 11) is -3.17. The Morgan fingerprint density at radius 1 is 1.00 bits per heavy atom. The number of carbonyl (C=O) groups excluding carboxylic acids is 1. The highest BCUT2D eigenvalue weighted by atomic mass is 35.5. The van der Waals surface area contributed by atoms with E-state index in [2.05, 4.69) is 60.7 Å². The molecule has 1 atom stereocenters. The molecule has 1 amide bonds. The van der Waals surface area contributed by atoms with Crippen molar-refractivity contribution in [2.45, 2.75) is 50.5 Å². The molecule has 0 unspecified atom stereocenters. The minimum atomic E-state index is -4.73. The van der Waals surface area contributed by atoms with Gasteiger partial charge in [0.05, 0.1) is 45.8 Å². The lowest BCUT2D eigenvalue weighted by Gasteiger charge is -2.39. The molecule has 1 aliphatic carbocycles. The fourth-order valence-electron chi connectivity index (χ4n) is 10.1. The Hall–Kier alpha value is -6.25. The van der Waals surface area contributed by atoms with E-state index in [4.69, 9.17) is 21.1 Å². The van der Waals surface area contributed by atoms with Crippen LogP contribution in [0.4, 0.5) is 17.1 Å². The van der Waals surface area contributed by atoms with E-state index >= 15 is 0 Å². The van der Waals surface area contributed by atoms with Crippen molar-refractivity contribution in [1.29, 1.82) is 0 Å². The number of carbonyl (C=O) groups is 1. The molecule has 362 valence electrons. The van der Waals surface area contributed by atoms with Gasteiger partial charge in [-0.3, -0.25) is 29.5 Å². The zero-order valence-corrected chi connectivity index (χ0v) is 40.4. The molecule has 3 aromatic heterocycles. The van der Waals surface area contributed by atoms with Gasteiger partial charge in [-0.05, 0) is 84.7 Å². The number of pyridine rings is 1. The van der Waals surface area contributed by atoms with Crippen LogP contribution in [-0.4, -0.2) is 127 Å². The van der Waals surface area contributed by atoms with Gasteiger partial charge in [0, 0.05) is 93.8 Å². The molecule has 18 nitrogen and oxygen atoms in total. The normalized spacial score (nSPS) is 19.1. The van der Waals surface area contributed by atoms with Crippen molar-refractivity contribution in [2.75, 3.05) is 82.4 Å². The highest BCUT2D eigenvalue weighted by Gasteiger charge is 2.34. The first kappa shape index (κ1) is 46.5. The van der Waals surface area contributed by atoms with E-state index in [1.807, 2.05) is 18.2 Å². The monoisotopic (exact) mass is 978 g/mol. The van der Waals surface area contributed by atoms with Crippen LogP contribution in [0.1, 0.15) is 55.5 Å². The Bertz CT molecular complexity index is 3190. The van der Waals surface area contributed by atoms with Gasteiger partial charge >= 0.3 is 0 Å². The van der Waals surface area contributed by atoms with Crippen LogP contribution in [0.2, 0.25) is 5.02 Å². The number of piperazine rings is 1. The zero-order chi connectivity index (χ0) is 48.2. The molecule has 0 bridgehead atoms. The molecule has 2 saturated heterocycles. The molecule has 0 spiro atoms. The molecule has 3 aromatic carbocycles. The molecule has 2 fully saturated rings. The smallest absolute Gasteiger partial charge is 0.297 e. The van der Waals surface area contributed by atoms with Crippen molar-refractivity contribution in [3.05, 3.63) is 115 Å². The van der Waals surface area contributed by atoms with E-state index in [1.54, 1.807) is 42.2 Å². The molecule has 20 heteroatoms. The number of amides is 1. The first-order valence-electron chi connectivity index (χ1n) is 23.3. The number of sulfonamides is 1. The maximum absolute atomic E-state index is 14.5.